The molecule has 0 spiro atoms. The Morgan fingerprint density at radius 2 is 1.52 bits per heavy atom. The monoisotopic (exact) mass is 397 g/mol. The van der Waals surface area contributed by atoms with Crippen molar-refractivity contribution in [3.8, 4) is 22.3 Å². The van der Waals surface area contributed by atoms with Crippen LogP contribution in [0.3, 0.4) is 0 Å². The maximum absolute atomic E-state index is 5.57. The van der Waals surface area contributed by atoms with Gasteiger partial charge in [0.1, 0.15) is 16.4 Å². The lowest BCUT2D eigenvalue weighted by molar-refractivity contribution is 0.420. The average molecular weight is 397 g/mol. The summed E-state index contributed by atoms with van der Waals surface area (Å²) in [6, 6.07) is 20.3. The number of hydrogen-bond acceptors (Lipinski definition) is 7. The van der Waals surface area contributed by atoms with Crippen molar-refractivity contribution in [3.05, 3.63) is 102 Å². The standard InChI is InChI=1S/C22H15N5OS/c1-3-7-15(8-4-1)19(16-9-5-2-6-10-16)20-26-21(28-27-20)18-14-29-22(25-18)17-13-23-11-12-24-17/h1-14,19H. The van der Waals surface area contributed by atoms with Gasteiger partial charge >= 0.3 is 0 Å². The Morgan fingerprint density at radius 3 is 2.17 bits per heavy atom. The number of aromatic nitrogens is 5. The minimum Gasteiger partial charge on any atom is -0.332 e. The molecule has 0 radical (unpaired) electrons. The lowest BCUT2D eigenvalue weighted by atomic mass is 9.91. The molecule has 3 heterocycles. The van der Waals surface area contributed by atoms with Gasteiger partial charge < -0.3 is 4.52 Å². The van der Waals surface area contributed by atoms with E-state index >= 15 is 0 Å². The molecule has 7 heteroatoms. The van der Waals surface area contributed by atoms with E-state index in [0.29, 0.717) is 17.4 Å². The summed E-state index contributed by atoms with van der Waals surface area (Å²) in [5, 5.41) is 6.93. The van der Waals surface area contributed by atoms with Crippen molar-refractivity contribution in [2.75, 3.05) is 0 Å². The molecule has 0 amide bonds. The normalized spacial score (nSPS) is 11.1. The van der Waals surface area contributed by atoms with Gasteiger partial charge in [0, 0.05) is 17.8 Å². The highest BCUT2D eigenvalue weighted by Gasteiger charge is 2.23. The van der Waals surface area contributed by atoms with E-state index in [4.69, 9.17) is 4.52 Å². The van der Waals surface area contributed by atoms with Gasteiger partial charge in [-0.05, 0) is 11.1 Å². The smallest absolute Gasteiger partial charge is 0.277 e. The highest BCUT2D eigenvalue weighted by Crippen LogP contribution is 2.32. The summed E-state index contributed by atoms with van der Waals surface area (Å²) in [5.74, 6) is 0.878. The summed E-state index contributed by atoms with van der Waals surface area (Å²) < 4.78 is 5.57. The molecule has 0 bridgehead atoms. The predicted octanol–water partition coefficient (Wildman–Crippen LogP) is 4.83. The van der Waals surface area contributed by atoms with E-state index in [1.54, 1.807) is 18.6 Å². The molecule has 0 fully saturated rings. The van der Waals surface area contributed by atoms with Crippen LogP contribution in [0, 0.1) is 0 Å². The van der Waals surface area contributed by atoms with Crippen LogP contribution >= 0.6 is 11.3 Å². The first-order valence-electron chi connectivity index (χ1n) is 9.04. The molecule has 6 nitrogen and oxygen atoms in total. The summed E-state index contributed by atoms with van der Waals surface area (Å²) in [7, 11) is 0. The Kier molecular flexibility index (Phi) is 4.63. The van der Waals surface area contributed by atoms with Crippen LogP contribution in [0.4, 0.5) is 0 Å². The quantitative estimate of drug-likeness (QED) is 0.423. The third kappa shape index (κ3) is 3.55. The number of hydrogen-bond donors (Lipinski definition) is 0. The fraction of sp³-hybridized carbons (Fsp3) is 0.0455. The zero-order valence-electron chi connectivity index (χ0n) is 15.2. The van der Waals surface area contributed by atoms with E-state index in [0.717, 1.165) is 21.8 Å². The Morgan fingerprint density at radius 1 is 0.793 bits per heavy atom. The van der Waals surface area contributed by atoms with Gasteiger partial charge in [-0.25, -0.2) is 4.98 Å². The van der Waals surface area contributed by atoms with E-state index in [1.165, 1.54) is 11.3 Å². The van der Waals surface area contributed by atoms with Crippen LogP contribution in [-0.4, -0.2) is 25.1 Å². The van der Waals surface area contributed by atoms with E-state index < -0.39 is 0 Å². The molecule has 0 saturated carbocycles. The van der Waals surface area contributed by atoms with Gasteiger partial charge in [0.15, 0.2) is 5.82 Å². The zero-order valence-corrected chi connectivity index (χ0v) is 16.0. The van der Waals surface area contributed by atoms with Crippen LogP contribution in [0.15, 0.2) is 89.2 Å². The molecule has 3 aromatic heterocycles. The molecule has 2 aromatic carbocycles. The summed E-state index contributed by atoms with van der Waals surface area (Å²) in [5.41, 5.74) is 3.55. The summed E-state index contributed by atoms with van der Waals surface area (Å²) in [6.45, 7) is 0. The Bertz CT molecular complexity index is 1170. The van der Waals surface area contributed by atoms with Gasteiger partial charge in [-0.2, -0.15) is 4.98 Å². The van der Waals surface area contributed by atoms with Crippen LogP contribution in [0.25, 0.3) is 22.3 Å². The molecular formula is C22H15N5OS. The van der Waals surface area contributed by atoms with Crippen molar-refractivity contribution in [1.82, 2.24) is 25.1 Å². The average Bonchev–Trinajstić information content (AvgIpc) is 3.46. The van der Waals surface area contributed by atoms with Gasteiger partial charge in [0.2, 0.25) is 0 Å². The number of rotatable bonds is 5. The lowest BCUT2D eigenvalue weighted by Crippen LogP contribution is -2.05. The Labute approximate surface area is 171 Å². The van der Waals surface area contributed by atoms with Gasteiger partial charge in [0.05, 0.1) is 12.1 Å². The highest BCUT2D eigenvalue weighted by atomic mass is 32.1. The molecule has 0 atom stereocenters. The predicted molar refractivity (Wildman–Crippen MR) is 110 cm³/mol. The van der Waals surface area contributed by atoms with E-state index in [-0.39, 0.29) is 5.92 Å². The van der Waals surface area contributed by atoms with Gasteiger partial charge in [-0.1, -0.05) is 65.8 Å². The summed E-state index contributed by atoms with van der Waals surface area (Å²) in [4.78, 5) is 17.6. The maximum atomic E-state index is 5.57. The SMILES string of the molecule is c1ccc(C(c2ccccc2)c2noc(-c3csc(-c4cnccn4)n3)n2)cc1. The van der Waals surface area contributed by atoms with Crippen molar-refractivity contribution in [1.29, 1.82) is 0 Å². The highest BCUT2D eigenvalue weighted by molar-refractivity contribution is 7.13. The van der Waals surface area contributed by atoms with Crippen molar-refractivity contribution in [2.24, 2.45) is 0 Å². The second-order valence-corrected chi connectivity index (χ2v) is 7.20. The number of thiazole rings is 1. The van der Waals surface area contributed by atoms with Crippen LogP contribution in [-0.2, 0) is 0 Å². The Hall–Kier alpha value is -3.71. The molecule has 0 aliphatic heterocycles. The molecule has 0 saturated heterocycles. The van der Waals surface area contributed by atoms with E-state index in [1.807, 2.05) is 41.8 Å². The largest absolute Gasteiger partial charge is 0.332 e. The van der Waals surface area contributed by atoms with Gasteiger partial charge in [-0.3, -0.25) is 9.97 Å². The first-order chi connectivity index (χ1) is 14.4. The van der Waals surface area contributed by atoms with Crippen molar-refractivity contribution in [3.63, 3.8) is 0 Å². The number of nitrogens with zero attached hydrogens (tertiary/aromatic N) is 5. The number of benzene rings is 2. The van der Waals surface area contributed by atoms with Crippen molar-refractivity contribution in [2.45, 2.75) is 5.92 Å². The summed E-state index contributed by atoms with van der Waals surface area (Å²) in [6.07, 6.45) is 4.96. The molecule has 0 aliphatic rings. The summed E-state index contributed by atoms with van der Waals surface area (Å²) >= 11 is 1.47. The Balaban J connectivity index is 1.52. The third-order valence-electron chi connectivity index (χ3n) is 4.47. The van der Waals surface area contributed by atoms with Crippen LogP contribution in [0.5, 0.6) is 0 Å². The first kappa shape index (κ1) is 17.4. The van der Waals surface area contributed by atoms with E-state index in [9.17, 15) is 0 Å². The van der Waals surface area contributed by atoms with Crippen molar-refractivity contribution >= 4 is 11.3 Å². The minimum atomic E-state index is -0.118. The van der Waals surface area contributed by atoms with Crippen molar-refractivity contribution < 1.29 is 4.52 Å². The molecule has 0 aliphatic carbocycles. The molecule has 0 unspecified atom stereocenters. The van der Waals surface area contributed by atoms with E-state index in [2.05, 4.69) is 49.4 Å². The third-order valence-corrected chi connectivity index (χ3v) is 5.34. The molecular weight excluding hydrogens is 382 g/mol. The fourth-order valence-corrected chi connectivity index (χ4v) is 3.89. The fourth-order valence-electron chi connectivity index (χ4n) is 3.14. The second kappa shape index (κ2) is 7.73. The topological polar surface area (TPSA) is 77.6 Å². The minimum absolute atomic E-state index is 0.118. The first-order valence-corrected chi connectivity index (χ1v) is 9.92. The van der Waals surface area contributed by atoms with Crippen LogP contribution < -0.4 is 0 Å². The lowest BCUT2D eigenvalue weighted by Gasteiger charge is -2.13. The maximum Gasteiger partial charge on any atom is 0.277 e. The molecule has 29 heavy (non-hydrogen) atoms. The molecule has 140 valence electrons. The molecule has 0 N–H and O–H groups in total. The molecule has 5 rings (SSSR count). The zero-order chi connectivity index (χ0) is 19.5. The second-order valence-electron chi connectivity index (χ2n) is 6.34. The van der Waals surface area contributed by atoms with Crippen LogP contribution in [0.1, 0.15) is 22.9 Å². The molecule has 5 aromatic rings. The van der Waals surface area contributed by atoms with Crippen LogP contribution in [0.2, 0.25) is 0 Å². The van der Waals surface area contributed by atoms with Gasteiger partial charge in [0.25, 0.3) is 5.89 Å². The van der Waals surface area contributed by atoms with Gasteiger partial charge in [-0.15, -0.1) is 11.3 Å².